The van der Waals surface area contributed by atoms with Gasteiger partial charge < -0.3 is 9.47 Å². The van der Waals surface area contributed by atoms with Crippen molar-refractivity contribution in [3.8, 4) is 0 Å². The van der Waals surface area contributed by atoms with Crippen LogP contribution in [-0.2, 0) is 12.8 Å². The van der Waals surface area contributed by atoms with E-state index in [1.54, 1.807) is 0 Å². The number of nitrogens with zero attached hydrogens (tertiary/aromatic N) is 4. The number of hydrogen-bond donors (Lipinski definition) is 0. The van der Waals surface area contributed by atoms with Crippen LogP contribution in [0.15, 0.2) is 42.6 Å². The van der Waals surface area contributed by atoms with E-state index < -0.39 is 0 Å². The number of fused-ring (bicyclic) bond motifs is 1. The molecule has 5 heteroatoms. The van der Waals surface area contributed by atoms with Gasteiger partial charge in [0.25, 0.3) is 5.91 Å². The molecule has 0 N–H and O–H groups in total. The van der Waals surface area contributed by atoms with Crippen molar-refractivity contribution in [2.24, 2.45) is 0 Å². The van der Waals surface area contributed by atoms with Crippen LogP contribution in [-0.4, -0.2) is 38.4 Å². The number of carbonyl (C=O) groups excluding carboxylic acids is 1. The molecule has 0 bridgehead atoms. The van der Waals surface area contributed by atoms with Crippen molar-refractivity contribution in [1.82, 2.24) is 19.4 Å². The Balaban J connectivity index is 1.58. The SMILES string of the molecule is CCCc1nc2cccnc2n1[C@@H]1CCN(C(=O)c2ccc(CC)cc2)C1. The Hall–Kier alpha value is -2.69. The first kappa shape index (κ1) is 17.7. The number of rotatable bonds is 5. The lowest BCUT2D eigenvalue weighted by Gasteiger charge is -2.19. The number of aromatic nitrogens is 3. The molecule has 4 rings (SSSR count). The molecule has 0 aliphatic carbocycles. The molecule has 0 radical (unpaired) electrons. The predicted molar refractivity (Wildman–Crippen MR) is 107 cm³/mol. The highest BCUT2D eigenvalue weighted by atomic mass is 16.2. The number of likely N-dealkylation sites (tertiary alicyclic amines) is 1. The summed E-state index contributed by atoms with van der Waals surface area (Å²) in [6, 6.07) is 12.2. The summed E-state index contributed by atoms with van der Waals surface area (Å²) in [7, 11) is 0. The Labute approximate surface area is 160 Å². The highest BCUT2D eigenvalue weighted by Gasteiger charge is 2.30. The summed E-state index contributed by atoms with van der Waals surface area (Å²) < 4.78 is 2.27. The Morgan fingerprint density at radius 2 is 2.00 bits per heavy atom. The summed E-state index contributed by atoms with van der Waals surface area (Å²) in [6.45, 7) is 5.78. The van der Waals surface area contributed by atoms with E-state index >= 15 is 0 Å². The van der Waals surface area contributed by atoms with Crippen molar-refractivity contribution in [3.63, 3.8) is 0 Å². The maximum atomic E-state index is 12.9. The third-order valence-corrected chi connectivity index (χ3v) is 5.42. The van der Waals surface area contributed by atoms with Crippen molar-refractivity contribution in [2.75, 3.05) is 13.1 Å². The minimum Gasteiger partial charge on any atom is -0.336 e. The van der Waals surface area contributed by atoms with Crippen LogP contribution in [0.4, 0.5) is 0 Å². The Kier molecular flexibility index (Phi) is 4.92. The summed E-state index contributed by atoms with van der Waals surface area (Å²) in [4.78, 5) is 24.3. The third-order valence-electron chi connectivity index (χ3n) is 5.42. The van der Waals surface area contributed by atoms with Gasteiger partial charge in [-0.3, -0.25) is 4.79 Å². The van der Waals surface area contributed by atoms with Gasteiger partial charge in [-0.1, -0.05) is 26.0 Å². The quantitative estimate of drug-likeness (QED) is 0.688. The monoisotopic (exact) mass is 362 g/mol. The van der Waals surface area contributed by atoms with Gasteiger partial charge in [0.2, 0.25) is 0 Å². The molecule has 140 valence electrons. The first-order chi connectivity index (χ1) is 13.2. The van der Waals surface area contributed by atoms with Crippen molar-refractivity contribution in [3.05, 3.63) is 59.5 Å². The van der Waals surface area contributed by atoms with E-state index in [4.69, 9.17) is 4.98 Å². The maximum Gasteiger partial charge on any atom is 0.253 e. The van der Waals surface area contributed by atoms with Gasteiger partial charge in [0.05, 0.1) is 6.04 Å². The number of pyridine rings is 1. The lowest BCUT2D eigenvalue weighted by atomic mass is 10.1. The second-order valence-electron chi connectivity index (χ2n) is 7.24. The fourth-order valence-corrected chi connectivity index (χ4v) is 3.96. The summed E-state index contributed by atoms with van der Waals surface area (Å²) in [5, 5.41) is 0. The summed E-state index contributed by atoms with van der Waals surface area (Å²) in [6.07, 6.45) is 5.73. The fraction of sp³-hybridized carbons (Fsp3) is 0.409. The van der Waals surface area contributed by atoms with Crippen LogP contribution < -0.4 is 0 Å². The predicted octanol–water partition coefficient (Wildman–Crippen LogP) is 4.03. The molecule has 1 fully saturated rings. The van der Waals surface area contributed by atoms with Crippen LogP contribution in [0.1, 0.15) is 54.5 Å². The first-order valence-corrected chi connectivity index (χ1v) is 9.91. The number of benzene rings is 1. The Morgan fingerprint density at radius 1 is 1.19 bits per heavy atom. The molecule has 5 nitrogen and oxygen atoms in total. The molecule has 0 spiro atoms. The molecule has 1 atom stereocenters. The van der Waals surface area contributed by atoms with E-state index in [9.17, 15) is 4.79 Å². The second kappa shape index (κ2) is 7.51. The van der Waals surface area contributed by atoms with Crippen molar-refractivity contribution < 1.29 is 4.79 Å². The largest absolute Gasteiger partial charge is 0.336 e. The Morgan fingerprint density at radius 3 is 2.74 bits per heavy atom. The third kappa shape index (κ3) is 3.34. The topological polar surface area (TPSA) is 51.0 Å². The van der Waals surface area contributed by atoms with Gasteiger partial charge in [0.15, 0.2) is 5.65 Å². The van der Waals surface area contributed by atoms with Crippen LogP contribution in [0.25, 0.3) is 11.2 Å². The van der Waals surface area contributed by atoms with E-state index in [0.717, 1.165) is 54.8 Å². The zero-order valence-corrected chi connectivity index (χ0v) is 16.1. The standard InChI is InChI=1S/C22H26N4O/c1-3-6-20-24-19-7-5-13-23-21(19)26(20)18-12-14-25(15-18)22(27)17-10-8-16(4-2)9-11-17/h5,7-11,13,18H,3-4,6,12,14-15H2,1-2H3/t18-/m1/s1. The highest BCUT2D eigenvalue weighted by molar-refractivity contribution is 5.94. The highest BCUT2D eigenvalue weighted by Crippen LogP contribution is 2.28. The minimum absolute atomic E-state index is 0.120. The molecule has 1 amide bonds. The van der Waals surface area contributed by atoms with Gasteiger partial charge in [0, 0.05) is 31.3 Å². The molecular formula is C22H26N4O. The van der Waals surface area contributed by atoms with Gasteiger partial charge >= 0.3 is 0 Å². The molecule has 1 aromatic carbocycles. The van der Waals surface area contributed by atoms with Crippen LogP contribution in [0, 0.1) is 0 Å². The zero-order valence-electron chi connectivity index (χ0n) is 16.1. The van der Waals surface area contributed by atoms with Gasteiger partial charge in [-0.25, -0.2) is 9.97 Å². The van der Waals surface area contributed by atoms with Crippen LogP contribution in [0.3, 0.4) is 0 Å². The van der Waals surface area contributed by atoms with E-state index in [0.29, 0.717) is 6.54 Å². The molecule has 3 aromatic rings. The molecule has 1 aliphatic heterocycles. The van der Waals surface area contributed by atoms with Crippen LogP contribution in [0.2, 0.25) is 0 Å². The summed E-state index contributed by atoms with van der Waals surface area (Å²) >= 11 is 0. The zero-order chi connectivity index (χ0) is 18.8. The minimum atomic E-state index is 0.120. The fourth-order valence-electron chi connectivity index (χ4n) is 3.96. The molecule has 1 aliphatic rings. The van der Waals surface area contributed by atoms with Gasteiger partial charge in [-0.05, 0) is 49.1 Å². The van der Waals surface area contributed by atoms with E-state index in [2.05, 4.69) is 23.4 Å². The van der Waals surface area contributed by atoms with Gasteiger partial charge in [0.1, 0.15) is 11.3 Å². The maximum absolute atomic E-state index is 12.9. The number of hydrogen-bond acceptors (Lipinski definition) is 3. The van der Waals surface area contributed by atoms with Gasteiger partial charge in [-0.15, -0.1) is 0 Å². The van der Waals surface area contributed by atoms with Gasteiger partial charge in [-0.2, -0.15) is 0 Å². The number of imidazole rings is 1. The molecule has 1 saturated heterocycles. The lowest BCUT2D eigenvalue weighted by molar-refractivity contribution is 0.0787. The lowest BCUT2D eigenvalue weighted by Crippen LogP contribution is -2.29. The molecule has 2 aromatic heterocycles. The van der Waals surface area contributed by atoms with Crippen molar-refractivity contribution >= 4 is 17.1 Å². The average molecular weight is 362 g/mol. The van der Waals surface area contributed by atoms with E-state index in [-0.39, 0.29) is 11.9 Å². The first-order valence-electron chi connectivity index (χ1n) is 9.91. The van der Waals surface area contributed by atoms with Crippen molar-refractivity contribution in [1.29, 1.82) is 0 Å². The van der Waals surface area contributed by atoms with E-state index in [1.165, 1.54) is 5.56 Å². The normalized spacial score (nSPS) is 17.0. The van der Waals surface area contributed by atoms with Crippen LogP contribution >= 0.6 is 0 Å². The summed E-state index contributed by atoms with van der Waals surface area (Å²) in [5.74, 6) is 1.20. The van der Waals surface area contributed by atoms with E-state index in [1.807, 2.05) is 47.5 Å². The molecule has 3 heterocycles. The number of aryl methyl sites for hydroxylation is 2. The molecule has 0 unspecified atom stereocenters. The number of amides is 1. The summed E-state index contributed by atoms with van der Waals surface area (Å²) in [5.41, 5.74) is 3.91. The molecular weight excluding hydrogens is 336 g/mol. The van der Waals surface area contributed by atoms with Crippen LogP contribution in [0.5, 0.6) is 0 Å². The Bertz CT molecular complexity index is 945. The average Bonchev–Trinajstić information content (AvgIpc) is 3.32. The number of carbonyl (C=O) groups is 1. The molecule has 27 heavy (non-hydrogen) atoms. The molecule has 0 saturated carbocycles. The second-order valence-corrected chi connectivity index (χ2v) is 7.24. The van der Waals surface area contributed by atoms with Crippen molar-refractivity contribution in [2.45, 2.75) is 45.6 Å². The smallest absolute Gasteiger partial charge is 0.253 e.